The fraction of sp³-hybridized carbons (Fsp3) is 0.150. The molecule has 0 bridgehead atoms. The smallest absolute Gasteiger partial charge is 0.204 e. The monoisotopic (exact) mass is 289 g/mol. The van der Waals surface area contributed by atoms with Gasteiger partial charge in [0.1, 0.15) is 12.0 Å². The normalized spacial score (nSPS) is 13.5. The molecule has 0 spiro atoms. The van der Waals surface area contributed by atoms with Crippen LogP contribution in [0.2, 0.25) is 0 Å². The number of allylic oxidation sites excluding steroid dienone is 1. The third kappa shape index (κ3) is 2.86. The fourth-order valence-corrected chi connectivity index (χ4v) is 2.53. The Kier molecular flexibility index (Phi) is 3.92. The van der Waals surface area contributed by atoms with E-state index in [9.17, 15) is 0 Å². The lowest BCUT2D eigenvalue weighted by Gasteiger charge is -2.21. The van der Waals surface area contributed by atoms with Crippen molar-refractivity contribution in [3.8, 4) is 11.3 Å². The molecule has 2 nitrogen and oxygen atoms in total. The lowest BCUT2D eigenvalue weighted by atomic mass is 9.83. The molecule has 0 saturated heterocycles. The van der Waals surface area contributed by atoms with Crippen LogP contribution < -0.4 is 0 Å². The lowest BCUT2D eigenvalue weighted by molar-refractivity contribution is 0.398. The predicted molar refractivity (Wildman–Crippen MR) is 89.6 cm³/mol. The maximum absolute atomic E-state index is 5.76. The van der Waals surface area contributed by atoms with Crippen LogP contribution >= 0.6 is 0 Å². The highest BCUT2D eigenvalue weighted by atomic mass is 16.3. The number of aromatic nitrogens is 1. The average molecular weight is 289 g/mol. The van der Waals surface area contributed by atoms with Crippen molar-refractivity contribution in [3.63, 3.8) is 0 Å². The van der Waals surface area contributed by atoms with Crippen molar-refractivity contribution in [2.45, 2.75) is 18.8 Å². The Morgan fingerprint density at radius 1 is 1.05 bits per heavy atom. The second-order valence-corrected chi connectivity index (χ2v) is 5.69. The van der Waals surface area contributed by atoms with Crippen molar-refractivity contribution in [1.29, 1.82) is 0 Å². The minimum atomic E-state index is -0.325. The number of oxazole rings is 1. The summed E-state index contributed by atoms with van der Waals surface area (Å²) in [5, 5.41) is 0. The van der Waals surface area contributed by atoms with Gasteiger partial charge in [-0.2, -0.15) is 0 Å². The van der Waals surface area contributed by atoms with E-state index < -0.39 is 0 Å². The molecule has 2 heteroatoms. The third-order valence-corrected chi connectivity index (χ3v) is 3.93. The van der Waals surface area contributed by atoms with E-state index in [1.54, 1.807) is 6.26 Å². The summed E-state index contributed by atoms with van der Waals surface area (Å²) in [7, 11) is 0. The van der Waals surface area contributed by atoms with Crippen LogP contribution in [0.25, 0.3) is 11.3 Å². The number of rotatable bonds is 5. The lowest BCUT2D eigenvalue weighted by Crippen LogP contribution is -2.22. The van der Waals surface area contributed by atoms with E-state index in [0.29, 0.717) is 5.89 Å². The van der Waals surface area contributed by atoms with Crippen molar-refractivity contribution in [1.82, 2.24) is 4.98 Å². The summed E-state index contributed by atoms with van der Waals surface area (Å²) in [6.45, 7) is 6.09. The van der Waals surface area contributed by atoms with Gasteiger partial charge in [0.25, 0.3) is 0 Å². The third-order valence-electron chi connectivity index (χ3n) is 3.93. The van der Waals surface area contributed by atoms with E-state index in [-0.39, 0.29) is 5.41 Å². The fourth-order valence-electron chi connectivity index (χ4n) is 2.53. The first-order valence-electron chi connectivity index (χ1n) is 7.40. The summed E-state index contributed by atoms with van der Waals surface area (Å²) in [5.41, 5.74) is 2.83. The van der Waals surface area contributed by atoms with E-state index in [1.165, 1.54) is 5.56 Å². The summed E-state index contributed by atoms with van der Waals surface area (Å²) in [6, 6.07) is 20.4. The molecule has 0 amide bonds. The zero-order valence-electron chi connectivity index (χ0n) is 12.7. The van der Waals surface area contributed by atoms with Gasteiger partial charge in [0.15, 0.2) is 0 Å². The minimum Gasteiger partial charge on any atom is -0.447 e. The first kappa shape index (κ1) is 14.3. The van der Waals surface area contributed by atoms with Crippen LogP contribution in [-0.4, -0.2) is 4.98 Å². The Bertz CT molecular complexity index is 746. The molecule has 0 aliphatic carbocycles. The summed E-state index contributed by atoms with van der Waals surface area (Å²) in [6.07, 6.45) is 4.45. The molecule has 3 rings (SSSR count). The highest BCUT2D eigenvalue weighted by molar-refractivity contribution is 5.57. The molecule has 1 heterocycles. The van der Waals surface area contributed by atoms with Crippen LogP contribution in [0.15, 0.2) is 84.0 Å². The van der Waals surface area contributed by atoms with Gasteiger partial charge in [-0.05, 0) is 18.9 Å². The van der Waals surface area contributed by atoms with Crippen molar-refractivity contribution in [2.75, 3.05) is 0 Å². The van der Waals surface area contributed by atoms with Gasteiger partial charge in [-0.1, -0.05) is 66.7 Å². The van der Waals surface area contributed by atoms with E-state index >= 15 is 0 Å². The highest BCUT2D eigenvalue weighted by Crippen LogP contribution is 2.31. The number of benzene rings is 2. The second-order valence-electron chi connectivity index (χ2n) is 5.69. The molecule has 0 N–H and O–H groups in total. The zero-order valence-corrected chi connectivity index (χ0v) is 12.7. The molecule has 0 unspecified atom stereocenters. The van der Waals surface area contributed by atoms with Crippen LogP contribution in [0.4, 0.5) is 0 Å². The molecule has 0 saturated carbocycles. The van der Waals surface area contributed by atoms with Crippen LogP contribution in [-0.2, 0) is 11.8 Å². The second kappa shape index (κ2) is 6.02. The molecule has 3 aromatic rings. The van der Waals surface area contributed by atoms with E-state index in [2.05, 4.69) is 30.6 Å². The Balaban J connectivity index is 1.91. The van der Waals surface area contributed by atoms with Crippen molar-refractivity contribution >= 4 is 0 Å². The van der Waals surface area contributed by atoms with E-state index in [0.717, 1.165) is 17.7 Å². The zero-order chi connectivity index (χ0) is 15.4. The van der Waals surface area contributed by atoms with Gasteiger partial charge in [0.05, 0.1) is 5.41 Å². The van der Waals surface area contributed by atoms with Gasteiger partial charge in [-0.15, -0.1) is 6.58 Å². The molecule has 1 aromatic heterocycles. The quantitative estimate of drug-likeness (QED) is 0.616. The van der Waals surface area contributed by atoms with Crippen LogP contribution in [0.5, 0.6) is 0 Å². The molecule has 0 fully saturated rings. The first-order valence-corrected chi connectivity index (χ1v) is 7.40. The predicted octanol–water partition coefficient (Wildman–Crippen LogP) is 5.03. The molecule has 0 radical (unpaired) electrons. The Hall–Kier alpha value is -2.61. The first-order chi connectivity index (χ1) is 10.7. The van der Waals surface area contributed by atoms with E-state index in [4.69, 9.17) is 4.42 Å². The van der Waals surface area contributed by atoms with E-state index in [1.807, 2.05) is 54.6 Å². The minimum absolute atomic E-state index is 0.325. The van der Waals surface area contributed by atoms with Gasteiger partial charge in [0.2, 0.25) is 5.89 Å². The number of hydrogen-bond acceptors (Lipinski definition) is 2. The number of nitrogens with zero attached hydrogens (tertiary/aromatic N) is 1. The molecule has 0 aliphatic rings. The standard InChI is InChI=1S/C20H19NO/c1-3-20(2,14-16-10-6-4-7-11-16)19-21-18(15-22-19)17-12-8-5-9-13-17/h3-13,15H,1,14H2,2H3/t20-/m0/s1. The highest BCUT2D eigenvalue weighted by Gasteiger charge is 2.29. The van der Waals surface area contributed by atoms with Gasteiger partial charge < -0.3 is 4.42 Å². The van der Waals surface area contributed by atoms with Crippen LogP contribution in [0.3, 0.4) is 0 Å². The van der Waals surface area contributed by atoms with Crippen LogP contribution in [0, 0.1) is 0 Å². The molecule has 22 heavy (non-hydrogen) atoms. The molecular formula is C20H19NO. The van der Waals surface area contributed by atoms with Crippen molar-refractivity contribution in [3.05, 3.63) is 91.0 Å². The molecular weight excluding hydrogens is 270 g/mol. The van der Waals surface area contributed by atoms with Crippen molar-refractivity contribution in [2.24, 2.45) is 0 Å². The Morgan fingerprint density at radius 2 is 1.68 bits per heavy atom. The average Bonchev–Trinajstić information content (AvgIpc) is 3.07. The Labute approximate surface area is 131 Å². The maximum atomic E-state index is 5.76. The largest absolute Gasteiger partial charge is 0.447 e. The van der Waals surface area contributed by atoms with Crippen LogP contribution in [0.1, 0.15) is 18.4 Å². The molecule has 0 aliphatic heterocycles. The van der Waals surface area contributed by atoms with Crippen molar-refractivity contribution < 1.29 is 4.42 Å². The van der Waals surface area contributed by atoms with Gasteiger partial charge in [0, 0.05) is 5.56 Å². The van der Waals surface area contributed by atoms with Gasteiger partial charge in [-0.3, -0.25) is 0 Å². The summed E-state index contributed by atoms with van der Waals surface area (Å²) in [4.78, 5) is 4.68. The maximum Gasteiger partial charge on any atom is 0.204 e. The van der Waals surface area contributed by atoms with Gasteiger partial charge >= 0.3 is 0 Å². The molecule has 2 aromatic carbocycles. The summed E-state index contributed by atoms with van der Waals surface area (Å²) in [5.74, 6) is 0.699. The number of hydrogen-bond donors (Lipinski definition) is 0. The summed E-state index contributed by atoms with van der Waals surface area (Å²) >= 11 is 0. The van der Waals surface area contributed by atoms with Gasteiger partial charge in [-0.25, -0.2) is 4.98 Å². The SMILES string of the molecule is C=C[C@@](C)(Cc1ccccc1)c1nc(-c2ccccc2)co1. The molecule has 1 atom stereocenters. The summed E-state index contributed by atoms with van der Waals surface area (Å²) < 4.78 is 5.76. The molecule has 110 valence electrons. The Morgan fingerprint density at radius 3 is 2.32 bits per heavy atom. The topological polar surface area (TPSA) is 26.0 Å².